The molecule has 0 amide bonds. The third kappa shape index (κ3) is 2.79. The first-order valence-electron chi connectivity index (χ1n) is 4.97. The van der Waals surface area contributed by atoms with E-state index in [4.69, 9.17) is 4.65 Å². The lowest BCUT2D eigenvalue weighted by atomic mass is 9.70. The normalized spacial score (nSPS) is 31.2. The van der Waals surface area contributed by atoms with E-state index >= 15 is 0 Å². The lowest BCUT2D eigenvalue weighted by molar-refractivity contribution is 0.190. The molecule has 1 aliphatic heterocycles. The lowest BCUT2D eigenvalue weighted by Gasteiger charge is -2.32. The van der Waals surface area contributed by atoms with E-state index in [0.717, 1.165) is 12.9 Å². The van der Waals surface area contributed by atoms with E-state index in [0.29, 0.717) is 17.9 Å². The second-order valence-electron chi connectivity index (χ2n) is 4.38. The number of rotatable bonds is 2. The van der Waals surface area contributed by atoms with Gasteiger partial charge in [0, 0.05) is 12.6 Å². The summed E-state index contributed by atoms with van der Waals surface area (Å²) in [5.74, 6) is 1.36. The average Bonchev–Trinajstić information content (AvgIpc) is 1.96. The Morgan fingerprint density at radius 3 is 2.67 bits per heavy atom. The fourth-order valence-corrected chi connectivity index (χ4v) is 1.48. The third-order valence-corrected chi connectivity index (χ3v) is 2.55. The van der Waals surface area contributed by atoms with Gasteiger partial charge in [-0.15, -0.1) is 0 Å². The monoisotopic (exact) mass is 169 g/mol. The minimum absolute atomic E-state index is 0.288. The molecule has 0 unspecified atom stereocenters. The van der Waals surface area contributed by atoms with Crippen molar-refractivity contribution < 1.29 is 4.65 Å². The Bertz CT molecular complexity index is 140. The molecule has 0 aromatic carbocycles. The van der Waals surface area contributed by atoms with Gasteiger partial charge in [0.2, 0.25) is 0 Å². The highest BCUT2D eigenvalue weighted by molar-refractivity contribution is 6.49. The van der Waals surface area contributed by atoms with E-state index in [1.807, 2.05) is 0 Å². The molecule has 1 N–H and O–H groups in total. The molecule has 0 aromatic heterocycles. The lowest BCUT2D eigenvalue weighted by Crippen LogP contribution is -2.52. The van der Waals surface area contributed by atoms with Gasteiger partial charge in [0.25, 0.3) is 0 Å². The van der Waals surface area contributed by atoms with E-state index in [-0.39, 0.29) is 7.05 Å². The highest BCUT2D eigenvalue weighted by Crippen LogP contribution is 2.14. The second-order valence-corrected chi connectivity index (χ2v) is 4.38. The highest BCUT2D eigenvalue weighted by atomic mass is 16.4. The molecule has 0 spiro atoms. The molecule has 1 fully saturated rings. The quantitative estimate of drug-likeness (QED) is 0.636. The minimum Gasteiger partial charge on any atom is -0.421 e. The first-order chi connectivity index (χ1) is 5.59. The van der Waals surface area contributed by atoms with Crippen molar-refractivity contribution in [2.75, 3.05) is 6.61 Å². The van der Waals surface area contributed by atoms with Gasteiger partial charge in [0.15, 0.2) is 0 Å². The molecule has 1 aliphatic rings. The van der Waals surface area contributed by atoms with Crippen LogP contribution in [0.25, 0.3) is 0 Å². The molecule has 0 bridgehead atoms. The first kappa shape index (κ1) is 10.1. The fourth-order valence-electron chi connectivity index (χ4n) is 1.48. The van der Waals surface area contributed by atoms with Gasteiger partial charge >= 0.3 is 7.05 Å². The van der Waals surface area contributed by atoms with Crippen LogP contribution >= 0.6 is 0 Å². The molecule has 0 radical (unpaired) electrons. The van der Waals surface area contributed by atoms with Crippen LogP contribution in [0.15, 0.2) is 0 Å². The van der Waals surface area contributed by atoms with Crippen LogP contribution in [-0.2, 0) is 4.65 Å². The van der Waals surface area contributed by atoms with Crippen LogP contribution in [-0.4, -0.2) is 19.7 Å². The smallest absolute Gasteiger partial charge is 0.380 e. The van der Waals surface area contributed by atoms with E-state index in [9.17, 15) is 0 Å². The summed E-state index contributed by atoms with van der Waals surface area (Å²) in [4.78, 5) is 0. The van der Waals surface area contributed by atoms with Gasteiger partial charge in [0.1, 0.15) is 0 Å². The van der Waals surface area contributed by atoms with Crippen LogP contribution in [0.1, 0.15) is 27.7 Å². The summed E-state index contributed by atoms with van der Waals surface area (Å²) in [5, 5.41) is 3.48. The van der Waals surface area contributed by atoms with Crippen molar-refractivity contribution in [3.63, 3.8) is 0 Å². The zero-order valence-electron chi connectivity index (χ0n) is 8.63. The van der Waals surface area contributed by atoms with E-state index in [1.165, 1.54) is 0 Å². The predicted octanol–water partition coefficient (Wildman–Crippen LogP) is 1.77. The molecule has 0 aromatic rings. The molecule has 0 saturated carbocycles. The van der Waals surface area contributed by atoms with Gasteiger partial charge in [-0.2, -0.15) is 0 Å². The van der Waals surface area contributed by atoms with Crippen molar-refractivity contribution in [1.29, 1.82) is 0 Å². The van der Waals surface area contributed by atoms with Crippen molar-refractivity contribution >= 4 is 7.05 Å². The van der Waals surface area contributed by atoms with Crippen LogP contribution < -0.4 is 5.23 Å². The number of hydrogen-bond donors (Lipinski definition) is 1. The van der Waals surface area contributed by atoms with Crippen LogP contribution in [0.2, 0.25) is 6.32 Å². The highest BCUT2D eigenvalue weighted by Gasteiger charge is 2.28. The summed E-state index contributed by atoms with van der Waals surface area (Å²) in [7, 11) is 0.288. The van der Waals surface area contributed by atoms with Crippen molar-refractivity contribution in [2.24, 2.45) is 11.8 Å². The summed E-state index contributed by atoms with van der Waals surface area (Å²) in [6.07, 6.45) is 1.12. The maximum atomic E-state index is 5.66. The van der Waals surface area contributed by atoms with Gasteiger partial charge in [-0.25, -0.2) is 0 Å². The molecule has 1 heterocycles. The van der Waals surface area contributed by atoms with E-state index in [1.54, 1.807) is 0 Å². The minimum atomic E-state index is 0.288. The zero-order chi connectivity index (χ0) is 9.14. The van der Waals surface area contributed by atoms with Crippen molar-refractivity contribution in [3.8, 4) is 0 Å². The van der Waals surface area contributed by atoms with Crippen LogP contribution in [0.3, 0.4) is 0 Å². The van der Waals surface area contributed by atoms with Gasteiger partial charge in [-0.3, -0.25) is 0 Å². The number of nitrogens with one attached hydrogen (secondary N) is 1. The van der Waals surface area contributed by atoms with Gasteiger partial charge in [0.05, 0.1) is 0 Å². The Kier molecular flexibility index (Phi) is 3.60. The van der Waals surface area contributed by atoms with Crippen LogP contribution in [0.4, 0.5) is 0 Å². The van der Waals surface area contributed by atoms with Crippen LogP contribution in [0, 0.1) is 11.8 Å². The SMILES string of the molecule is CC(C)CB1N[C@H](C)[C@H](C)CO1. The molecule has 1 rings (SSSR count). The molecule has 2 nitrogen and oxygen atoms in total. The van der Waals surface area contributed by atoms with Gasteiger partial charge < -0.3 is 9.88 Å². The second kappa shape index (κ2) is 4.29. The van der Waals surface area contributed by atoms with Gasteiger partial charge in [-0.1, -0.05) is 27.7 Å². The van der Waals surface area contributed by atoms with E-state index < -0.39 is 0 Å². The van der Waals surface area contributed by atoms with Gasteiger partial charge in [-0.05, 0) is 18.2 Å². The first-order valence-corrected chi connectivity index (χ1v) is 4.97. The molecular weight excluding hydrogens is 149 g/mol. The molecular formula is C9H20BNO. The Balaban J connectivity index is 2.30. The van der Waals surface area contributed by atoms with Crippen LogP contribution in [0.5, 0.6) is 0 Å². The third-order valence-electron chi connectivity index (χ3n) is 2.55. The summed E-state index contributed by atoms with van der Waals surface area (Å²) in [6.45, 7) is 9.83. The summed E-state index contributed by atoms with van der Waals surface area (Å²) in [5.41, 5.74) is 0. The Morgan fingerprint density at radius 2 is 2.17 bits per heavy atom. The summed E-state index contributed by atoms with van der Waals surface area (Å²) < 4.78 is 5.66. The Labute approximate surface area is 76.2 Å². The number of hydrogen-bond acceptors (Lipinski definition) is 2. The predicted molar refractivity (Wildman–Crippen MR) is 53.1 cm³/mol. The van der Waals surface area contributed by atoms with E-state index in [2.05, 4.69) is 32.9 Å². The van der Waals surface area contributed by atoms with Crippen molar-refractivity contribution in [3.05, 3.63) is 0 Å². The Morgan fingerprint density at radius 1 is 1.50 bits per heavy atom. The van der Waals surface area contributed by atoms with Crippen molar-refractivity contribution in [1.82, 2.24) is 5.23 Å². The maximum absolute atomic E-state index is 5.66. The molecule has 12 heavy (non-hydrogen) atoms. The average molecular weight is 169 g/mol. The topological polar surface area (TPSA) is 21.3 Å². The zero-order valence-corrected chi connectivity index (χ0v) is 8.63. The molecule has 3 heteroatoms. The fraction of sp³-hybridized carbons (Fsp3) is 1.00. The molecule has 1 saturated heterocycles. The molecule has 0 aliphatic carbocycles. The molecule has 70 valence electrons. The largest absolute Gasteiger partial charge is 0.421 e. The summed E-state index contributed by atoms with van der Waals surface area (Å²) >= 11 is 0. The maximum Gasteiger partial charge on any atom is 0.380 e. The Hall–Kier alpha value is -0.0151. The molecule has 2 atom stereocenters. The van der Waals surface area contributed by atoms with Crippen molar-refractivity contribution in [2.45, 2.75) is 40.1 Å². The standard InChI is InChI=1S/C9H20BNO/c1-7(2)5-10-11-9(4)8(3)6-12-10/h7-9,11H,5-6H2,1-4H3/t8-,9-/m1/s1. The summed E-state index contributed by atoms with van der Waals surface area (Å²) in [6, 6.07) is 0.600.